The second-order valence-electron chi connectivity index (χ2n) is 6.18. The lowest BCUT2D eigenvalue weighted by atomic mass is 9.99. The van der Waals surface area contributed by atoms with Crippen molar-refractivity contribution in [3.8, 4) is 11.1 Å². The number of fused-ring (bicyclic) bond motifs is 3. The van der Waals surface area contributed by atoms with Gasteiger partial charge in [0.2, 0.25) is 0 Å². The summed E-state index contributed by atoms with van der Waals surface area (Å²) in [6.45, 7) is 3.28. The molecule has 2 aliphatic heterocycles. The monoisotopic (exact) mass is 292 g/mol. The fourth-order valence-electron chi connectivity index (χ4n) is 3.72. The standard InChI is InChI=1S/C19H20N2O/c22-13-14-2-1-3-15(10-14)16-4-5-19-17(11-16)12-18-6-7-20-8-9-21(18)19/h1-5,10-11,13,18,20H,6-9,12H2. The zero-order valence-electron chi connectivity index (χ0n) is 12.6. The average molecular weight is 292 g/mol. The van der Waals surface area contributed by atoms with Gasteiger partial charge >= 0.3 is 0 Å². The van der Waals surface area contributed by atoms with Crippen LogP contribution >= 0.6 is 0 Å². The minimum atomic E-state index is 0.640. The predicted octanol–water partition coefficient (Wildman–Crippen LogP) is 2.89. The second kappa shape index (κ2) is 5.58. The number of carbonyl (C=O) groups is 1. The molecule has 1 atom stereocenters. The van der Waals surface area contributed by atoms with E-state index in [0.717, 1.165) is 43.5 Å². The number of hydrogen-bond acceptors (Lipinski definition) is 3. The normalized spacial score (nSPS) is 20.2. The van der Waals surface area contributed by atoms with E-state index >= 15 is 0 Å². The molecule has 2 aromatic carbocycles. The van der Waals surface area contributed by atoms with E-state index in [1.807, 2.05) is 18.2 Å². The molecule has 2 heterocycles. The van der Waals surface area contributed by atoms with Crippen molar-refractivity contribution in [3.63, 3.8) is 0 Å². The summed E-state index contributed by atoms with van der Waals surface area (Å²) in [4.78, 5) is 13.5. The number of hydrogen-bond donors (Lipinski definition) is 1. The van der Waals surface area contributed by atoms with Crippen LogP contribution in [0.15, 0.2) is 42.5 Å². The molecule has 3 heteroatoms. The zero-order valence-corrected chi connectivity index (χ0v) is 12.6. The van der Waals surface area contributed by atoms with Gasteiger partial charge in [-0.3, -0.25) is 4.79 Å². The molecule has 0 saturated carbocycles. The summed E-state index contributed by atoms with van der Waals surface area (Å²) < 4.78 is 0. The summed E-state index contributed by atoms with van der Waals surface area (Å²) in [5.41, 5.74) is 5.90. The van der Waals surface area contributed by atoms with E-state index in [9.17, 15) is 4.79 Å². The maximum atomic E-state index is 11.0. The van der Waals surface area contributed by atoms with E-state index in [-0.39, 0.29) is 0 Å². The molecule has 2 aliphatic rings. The maximum Gasteiger partial charge on any atom is 0.150 e. The highest BCUT2D eigenvalue weighted by Crippen LogP contribution is 2.36. The van der Waals surface area contributed by atoms with Gasteiger partial charge in [0.05, 0.1) is 0 Å². The van der Waals surface area contributed by atoms with Crippen LogP contribution in [0.3, 0.4) is 0 Å². The number of aldehydes is 1. The fourth-order valence-corrected chi connectivity index (χ4v) is 3.72. The first-order valence-electron chi connectivity index (χ1n) is 8.01. The third kappa shape index (κ3) is 2.32. The summed E-state index contributed by atoms with van der Waals surface area (Å²) in [6.07, 6.45) is 3.26. The Morgan fingerprint density at radius 2 is 2.00 bits per heavy atom. The van der Waals surface area contributed by atoms with Gasteiger partial charge in [0.25, 0.3) is 0 Å². The van der Waals surface area contributed by atoms with Crippen molar-refractivity contribution in [1.29, 1.82) is 0 Å². The average Bonchev–Trinajstić information content (AvgIpc) is 2.75. The third-order valence-corrected chi connectivity index (χ3v) is 4.83. The molecule has 0 aliphatic carbocycles. The molecule has 112 valence electrons. The van der Waals surface area contributed by atoms with Crippen molar-refractivity contribution < 1.29 is 4.79 Å². The fraction of sp³-hybridized carbons (Fsp3) is 0.316. The van der Waals surface area contributed by atoms with Crippen LogP contribution in [-0.2, 0) is 6.42 Å². The highest BCUT2D eigenvalue weighted by atomic mass is 16.1. The first-order chi connectivity index (χ1) is 10.8. The van der Waals surface area contributed by atoms with Crippen LogP contribution in [-0.4, -0.2) is 32.0 Å². The molecule has 1 N–H and O–H groups in total. The van der Waals surface area contributed by atoms with Gasteiger partial charge in [-0.2, -0.15) is 0 Å². The molecule has 22 heavy (non-hydrogen) atoms. The molecule has 0 spiro atoms. The first kappa shape index (κ1) is 13.5. The zero-order chi connectivity index (χ0) is 14.9. The first-order valence-corrected chi connectivity index (χ1v) is 8.01. The summed E-state index contributed by atoms with van der Waals surface area (Å²) in [6, 6.07) is 15.2. The number of nitrogens with zero attached hydrogens (tertiary/aromatic N) is 1. The van der Waals surface area contributed by atoms with Crippen molar-refractivity contribution in [1.82, 2.24) is 5.32 Å². The van der Waals surface area contributed by atoms with Crippen LogP contribution in [0.5, 0.6) is 0 Å². The molecule has 2 aromatic rings. The maximum absolute atomic E-state index is 11.0. The highest BCUT2D eigenvalue weighted by molar-refractivity contribution is 5.79. The topological polar surface area (TPSA) is 32.3 Å². The summed E-state index contributed by atoms with van der Waals surface area (Å²) in [7, 11) is 0. The third-order valence-electron chi connectivity index (χ3n) is 4.83. The van der Waals surface area contributed by atoms with Crippen molar-refractivity contribution in [2.24, 2.45) is 0 Å². The summed E-state index contributed by atoms with van der Waals surface area (Å²) in [5, 5.41) is 3.48. The number of rotatable bonds is 2. The SMILES string of the molecule is O=Cc1cccc(-c2ccc3c(c2)CC2CCNCCN32)c1. The van der Waals surface area contributed by atoms with Crippen LogP contribution in [0.2, 0.25) is 0 Å². The van der Waals surface area contributed by atoms with Crippen LogP contribution in [0.1, 0.15) is 22.3 Å². The number of nitrogens with one attached hydrogen (secondary N) is 1. The number of benzene rings is 2. The van der Waals surface area contributed by atoms with Crippen LogP contribution in [0.4, 0.5) is 5.69 Å². The van der Waals surface area contributed by atoms with Crippen LogP contribution in [0.25, 0.3) is 11.1 Å². The largest absolute Gasteiger partial charge is 0.367 e. The van der Waals surface area contributed by atoms with E-state index in [0.29, 0.717) is 6.04 Å². The van der Waals surface area contributed by atoms with Crippen molar-refractivity contribution in [2.75, 3.05) is 24.5 Å². The molecular weight excluding hydrogens is 272 g/mol. The van der Waals surface area contributed by atoms with Crippen LogP contribution < -0.4 is 10.2 Å². The van der Waals surface area contributed by atoms with Crippen molar-refractivity contribution in [3.05, 3.63) is 53.6 Å². The number of carbonyl (C=O) groups excluding carboxylic acids is 1. The van der Waals surface area contributed by atoms with Gasteiger partial charge in [-0.25, -0.2) is 0 Å². The van der Waals surface area contributed by atoms with Crippen molar-refractivity contribution in [2.45, 2.75) is 18.9 Å². The van der Waals surface area contributed by atoms with Gasteiger partial charge in [0.1, 0.15) is 6.29 Å². The lowest BCUT2D eigenvalue weighted by molar-refractivity contribution is 0.112. The molecule has 0 amide bonds. The molecular formula is C19H20N2O. The lowest BCUT2D eigenvalue weighted by Gasteiger charge is -2.24. The molecule has 0 radical (unpaired) electrons. The Bertz CT molecular complexity index is 710. The molecule has 0 aromatic heterocycles. The smallest absolute Gasteiger partial charge is 0.150 e. The second-order valence-corrected chi connectivity index (χ2v) is 6.18. The summed E-state index contributed by atoms with van der Waals surface area (Å²) >= 11 is 0. The Balaban J connectivity index is 1.69. The minimum absolute atomic E-state index is 0.640. The minimum Gasteiger partial charge on any atom is -0.367 e. The predicted molar refractivity (Wildman–Crippen MR) is 89.6 cm³/mol. The molecule has 1 unspecified atom stereocenters. The van der Waals surface area contributed by atoms with Gasteiger partial charge in [-0.1, -0.05) is 24.3 Å². The van der Waals surface area contributed by atoms with Crippen LogP contribution in [0, 0.1) is 0 Å². The molecule has 0 bridgehead atoms. The Hall–Kier alpha value is -2.13. The van der Waals surface area contributed by atoms with Gasteiger partial charge in [-0.15, -0.1) is 0 Å². The van der Waals surface area contributed by atoms with E-state index < -0.39 is 0 Å². The Kier molecular flexibility index (Phi) is 3.43. The van der Waals surface area contributed by atoms with E-state index in [1.165, 1.54) is 23.2 Å². The van der Waals surface area contributed by atoms with E-state index in [1.54, 1.807) is 0 Å². The Morgan fingerprint density at radius 1 is 1.09 bits per heavy atom. The van der Waals surface area contributed by atoms with Gasteiger partial charge < -0.3 is 10.2 Å². The van der Waals surface area contributed by atoms with E-state index in [4.69, 9.17) is 0 Å². The number of anilines is 1. The lowest BCUT2D eigenvalue weighted by Crippen LogP contribution is -2.32. The molecule has 1 saturated heterocycles. The summed E-state index contributed by atoms with van der Waals surface area (Å²) in [5.74, 6) is 0. The highest BCUT2D eigenvalue weighted by Gasteiger charge is 2.29. The molecule has 1 fully saturated rings. The van der Waals surface area contributed by atoms with E-state index in [2.05, 4.69) is 34.5 Å². The molecule has 3 nitrogen and oxygen atoms in total. The van der Waals surface area contributed by atoms with Gasteiger partial charge in [-0.05, 0) is 54.3 Å². The van der Waals surface area contributed by atoms with Gasteiger partial charge in [0.15, 0.2) is 0 Å². The van der Waals surface area contributed by atoms with Crippen molar-refractivity contribution >= 4 is 12.0 Å². The molecule has 4 rings (SSSR count). The quantitative estimate of drug-likeness (QED) is 0.864. The van der Waals surface area contributed by atoms with Gasteiger partial charge in [0, 0.05) is 30.4 Å². The Labute approximate surface area is 131 Å². The Morgan fingerprint density at radius 3 is 2.91 bits per heavy atom.